The van der Waals surface area contributed by atoms with Crippen molar-refractivity contribution >= 4 is 257 Å². The molecule has 2 amide bonds. The number of piperazine rings is 3. The van der Waals surface area contributed by atoms with Gasteiger partial charge in [0.2, 0.25) is 22.5 Å². The number of benzene rings is 6. The molecule has 0 saturated carbocycles. The predicted octanol–water partition coefficient (Wildman–Crippen LogP) is 7.53. The molecule has 6 aromatic carbocycles. The molecule has 23 N–H and O–H groups in total. The van der Waals surface area contributed by atoms with E-state index in [0.717, 1.165) is 117 Å². The van der Waals surface area contributed by atoms with Gasteiger partial charge < -0.3 is 79.3 Å². The van der Waals surface area contributed by atoms with Crippen LogP contribution in [0.1, 0.15) is 10.4 Å². The van der Waals surface area contributed by atoms with E-state index in [0.29, 0.717) is 85.8 Å². The summed E-state index contributed by atoms with van der Waals surface area (Å²) in [4.78, 5) is 87.9. The minimum Gasteiger partial charge on any atom is -0.478 e. The number of aromatic amines is 2. The monoisotopic (exact) mass is 1830 g/mol. The Morgan fingerprint density at radius 2 is 0.920 bits per heavy atom. The first-order valence-corrected chi connectivity index (χ1v) is 38.8. The Kier molecular flexibility index (Phi) is 45.0. The summed E-state index contributed by atoms with van der Waals surface area (Å²) >= 11 is 65.9. The molecule has 112 heavy (non-hydrogen) atoms. The number of nitrogens with two attached hydrogens (primary N) is 7. The molecule has 52 heteroatoms. The van der Waals surface area contributed by atoms with Crippen LogP contribution in [0.4, 0.5) is 34.0 Å². The van der Waals surface area contributed by atoms with Gasteiger partial charge in [-0.3, -0.25) is 26.0 Å². The first-order valence-electron chi connectivity index (χ1n) is 30.9. The number of carbonyl (C=O) groups is 2. The van der Waals surface area contributed by atoms with Crippen LogP contribution in [0.2, 0.25) is 45.9 Å². The number of nitrogens with zero attached hydrogens (tertiary/aromatic N) is 14. The van der Waals surface area contributed by atoms with Crippen LogP contribution in [-0.2, 0) is 4.57 Å². The fourth-order valence-corrected chi connectivity index (χ4v) is 11.0. The van der Waals surface area contributed by atoms with E-state index in [1.54, 1.807) is 59.1 Å². The number of urea groups is 1. The normalized spacial score (nSPS) is 12.5. The summed E-state index contributed by atoms with van der Waals surface area (Å²) in [6, 6.07) is 29.7. The molecule has 6 aromatic heterocycles. The van der Waals surface area contributed by atoms with E-state index in [2.05, 4.69) is 154 Å². The quantitative estimate of drug-likeness (QED) is 0.0116. The summed E-state index contributed by atoms with van der Waals surface area (Å²) in [5, 5.41) is 46.8. The third-order valence-corrected chi connectivity index (χ3v) is 16.0. The number of hydrogen-bond acceptors (Lipinski definition) is 31. The van der Waals surface area contributed by atoms with E-state index in [1.165, 1.54) is 18.2 Å². The number of nitrogen functional groups attached to an aromatic ring is 3. The summed E-state index contributed by atoms with van der Waals surface area (Å²) in [6.45, 7) is 11.9. The van der Waals surface area contributed by atoms with Crippen LogP contribution in [0.15, 0.2) is 124 Å². The van der Waals surface area contributed by atoms with Gasteiger partial charge in [0.25, 0.3) is 5.56 Å². The molecule has 596 valence electrons. The molecular weight excluding hydrogens is 1770 g/mol. The largest absolute Gasteiger partial charge is 1.00 e. The van der Waals surface area contributed by atoms with E-state index >= 15 is 0 Å². The van der Waals surface area contributed by atoms with Crippen LogP contribution in [0.25, 0.3) is 60.2 Å². The van der Waals surface area contributed by atoms with Crippen molar-refractivity contribution in [2.45, 2.75) is 0 Å². The fourth-order valence-electron chi connectivity index (χ4n) is 9.38. The zero-order valence-electron chi connectivity index (χ0n) is 57.9. The number of fused-ring (bicyclic) bond motifs is 7. The Hall–Kier alpha value is -7.16. The third kappa shape index (κ3) is 33.3. The Bertz CT molecular complexity index is 5210. The van der Waals surface area contributed by atoms with Gasteiger partial charge in [0.05, 0.1) is 38.5 Å². The van der Waals surface area contributed by atoms with E-state index < -0.39 is 28.4 Å². The number of halogens is 13. The number of carboxylic acid groups (broad SMARTS) is 1. The van der Waals surface area contributed by atoms with Crippen LogP contribution >= 0.6 is 156 Å². The van der Waals surface area contributed by atoms with Crippen LogP contribution in [0.5, 0.6) is 0 Å². The summed E-state index contributed by atoms with van der Waals surface area (Å²) in [5.41, 5.74) is 22.5. The molecular formula is C60H66Cl13N29NaO8P. The molecule has 37 nitrogen and oxygen atoms in total. The summed E-state index contributed by atoms with van der Waals surface area (Å²) in [7, 11) is 0. The zero-order chi connectivity index (χ0) is 81.2. The van der Waals surface area contributed by atoms with Gasteiger partial charge in [-0.2, -0.15) is 14.5 Å². The molecule has 0 atom stereocenters. The van der Waals surface area contributed by atoms with Gasteiger partial charge in [-0.25, -0.2) is 51.0 Å². The Morgan fingerprint density at radius 3 is 1.38 bits per heavy atom. The van der Waals surface area contributed by atoms with Crippen molar-refractivity contribution < 1.29 is 48.8 Å². The standard InChI is InChI=1S/C12H12ClN7.C12H15ClN6.C8H3Cl3N2.C8H6Cl2N4.C8H5ClN2O2.C7H6ClNO2.C4H10N2.CH4N2O.Cl3OP.ClH.H4N2.HNO2.Na/c13-8-1-2-10-9(7-8)11-16-17-18-20(11)12(15-10)19-5-3-14-4-6-19;13-8-1-2-10-9(7-8)11(18-14)17-12(16-10)19-5-3-15-4-6-19;9-4-1-2-6-5(3-4)7(10)13-8(11)12-6;9-4-1-2-6-5(3-4)7(14-11)13-8(10)12-6;9-4-1-2-6-5(3-4)7(12)11-8(13)10-6;8-4-1-2-6(9)5(3-4)7(10)11;1-2-6-4-3-5-1;2-1(3)4;1-5(2,3)4;;1-2;2-1-3;/h1-2,7,14H,3-6H2;1-2,7,15H,3-6,14H2,(H,16,17,18);1-3H;1-3H,11H2,(H,12,13,14);1-3H,(H2,10,11,12,13);1-3H,9H2,(H,10,11);5-6H,1-4H2;(H4,2,3,4);;1H;1-2H2;(H,2,3);/q;;;;;;;;;;;;+1/p-1. The van der Waals surface area contributed by atoms with Gasteiger partial charge in [0, 0.05) is 136 Å². The molecule has 0 unspecified atom stereocenters. The number of H-pyrrole nitrogens is 2. The van der Waals surface area contributed by atoms with Crippen molar-refractivity contribution in [2.75, 3.05) is 105 Å². The molecule has 3 saturated heterocycles. The Balaban J connectivity index is 0.000000333. The maximum atomic E-state index is 11.2. The Morgan fingerprint density at radius 1 is 0.536 bits per heavy atom. The zero-order valence-corrected chi connectivity index (χ0v) is 70.7. The van der Waals surface area contributed by atoms with Gasteiger partial charge in [-0.15, -0.1) is 22.8 Å². The van der Waals surface area contributed by atoms with E-state index in [1.807, 2.05) is 36.4 Å². The number of nitrogens with one attached hydrogen (secondary N) is 8. The topological polar surface area (TPSA) is 584 Å². The molecule has 0 radical (unpaired) electrons. The predicted molar refractivity (Wildman–Crippen MR) is 448 cm³/mol. The smallest absolute Gasteiger partial charge is 0.478 e. The van der Waals surface area contributed by atoms with Gasteiger partial charge in [0.1, 0.15) is 5.15 Å². The number of carbonyl (C=O) groups excluding carboxylic acids is 1. The van der Waals surface area contributed by atoms with Gasteiger partial charge in [-0.1, -0.05) is 81.2 Å². The van der Waals surface area contributed by atoms with Crippen molar-refractivity contribution in [1.82, 2.24) is 86.2 Å². The van der Waals surface area contributed by atoms with E-state index in [9.17, 15) is 18.9 Å². The number of hydrogen-bond donors (Lipinski definition) is 16. The number of aromatic nitrogens is 13. The molecule has 3 aliphatic rings. The van der Waals surface area contributed by atoms with Gasteiger partial charge in [-0.05, 0) is 177 Å². The molecule has 9 heterocycles. The number of rotatable bonds is 5. The number of tetrazole rings is 1. The van der Waals surface area contributed by atoms with Gasteiger partial charge >= 0.3 is 52.4 Å². The van der Waals surface area contributed by atoms with E-state index in [4.69, 9.17) is 147 Å². The molecule has 3 aliphatic heterocycles. The van der Waals surface area contributed by atoms with E-state index in [-0.39, 0.29) is 63.8 Å². The molecule has 12 aromatic rings. The third-order valence-electron chi connectivity index (χ3n) is 13.9. The van der Waals surface area contributed by atoms with Crippen LogP contribution in [0, 0.1) is 10.1 Å². The number of amides is 2. The first-order chi connectivity index (χ1) is 52.4. The van der Waals surface area contributed by atoms with Crippen molar-refractivity contribution in [2.24, 2.45) is 40.2 Å². The second-order valence-electron chi connectivity index (χ2n) is 21.2. The van der Waals surface area contributed by atoms with Gasteiger partial charge in [0.15, 0.2) is 17.3 Å². The molecule has 15 rings (SSSR count). The molecule has 0 aliphatic carbocycles. The maximum Gasteiger partial charge on any atom is 1.00 e. The van der Waals surface area contributed by atoms with Crippen LogP contribution in [-0.4, -0.2) is 161 Å². The average molecular weight is 1840 g/mol. The van der Waals surface area contributed by atoms with Crippen molar-refractivity contribution in [3.8, 4) is 0 Å². The summed E-state index contributed by atoms with van der Waals surface area (Å²) in [5.74, 6) is 20.3. The van der Waals surface area contributed by atoms with Crippen LogP contribution < -0.4 is 123 Å². The minimum absolute atomic E-state index is 0. The first kappa shape index (κ1) is 99.0. The molecule has 0 spiro atoms. The second kappa shape index (κ2) is 50.9. The number of aromatic carboxylic acids is 1. The number of primary amides is 2. The molecule has 0 bridgehead atoms. The van der Waals surface area contributed by atoms with Crippen LogP contribution in [0.3, 0.4) is 0 Å². The summed E-state index contributed by atoms with van der Waals surface area (Å²) in [6.07, 6.45) is 0. The van der Waals surface area contributed by atoms with Crippen molar-refractivity contribution in [1.29, 1.82) is 0 Å². The minimum atomic E-state index is -3.22. The number of carboxylic acids is 1. The SMILES string of the molecule is C1CNCCN1.Cl.Clc1ccc2nc(Cl)nc(Cl)c2c1.Clc1ccc2nc(N3CCNCC3)n3nnnc3c2c1.NC(N)=O.NN.NNc1nc(Cl)nc2ccc(Cl)cc12.NNc1nc(N2CCNCC2)nc2ccc(Cl)cc12.Nc1ccc(Cl)cc1C(=O)O.O=N[O-].O=P(Cl)(Cl)Cl.O=c1[nH]c(=O)c2cc(Cl)ccc2[nH]1.[Na+]. The fraction of sp³-hybridized carbons (Fsp3) is 0.200. The number of hydrazine groups is 3. The maximum absolute atomic E-state index is 11.2. The number of anilines is 5. The average Bonchev–Trinajstić information content (AvgIpc) is 1.56. The Labute approximate surface area is 722 Å². The van der Waals surface area contributed by atoms with Crippen molar-refractivity contribution in [3.63, 3.8) is 0 Å². The van der Waals surface area contributed by atoms with Crippen molar-refractivity contribution in [3.05, 3.63) is 192 Å². The molecule has 3 fully saturated rings. The summed E-state index contributed by atoms with van der Waals surface area (Å²) < 4.78 is 11.2. The second-order valence-corrected chi connectivity index (χ2v) is 31.5.